The Bertz CT molecular complexity index is 539. The quantitative estimate of drug-likeness (QED) is 0.866. The maximum atomic E-state index is 5.29. The second-order valence-corrected chi connectivity index (χ2v) is 5.13. The molecule has 1 aromatic carbocycles. The Labute approximate surface area is 121 Å². The van der Waals surface area contributed by atoms with Crippen LogP contribution in [0.3, 0.4) is 0 Å². The Kier molecular flexibility index (Phi) is 4.85. The molecule has 1 N–H and O–H groups in total. The first-order valence-electron chi connectivity index (χ1n) is 6.36. The minimum Gasteiger partial charge on any atom is -0.495 e. The fraction of sp³-hybridized carbons (Fsp3) is 0.357. The van der Waals surface area contributed by atoms with E-state index in [0.29, 0.717) is 0 Å². The van der Waals surface area contributed by atoms with Crippen LogP contribution in [0.2, 0.25) is 0 Å². The van der Waals surface area contributed by atoms with Gasteiger partial charge < -0.3 is 14.6 Å². The Morgan fingerprint density at radius 3 is 3.00 bits per heavy atom. The lowest BCUT2D eigenvalue weighted by Crippen LogP contribution is -2.03. The maximum Gasteiger partial charge on any atom is 0.207 e. The number of benzene rings is 1. The first-order chi connectivity index (χ1) is 9.24. The van der Waals surface area contributed by atoms with Crippen LogP contribution in [-0.2, 0) is 6.54 Å². The lowest BCUT2D eigenvalue weighted by Gasteiger charge is -2.11. The minimum atomic E-state index is 0.802. The van der Waals surface area contributed by atoms with Crippen LogP contribution in [0.15, 0.2) is 35.1 Å². The third kappa shape index (κ3) is 3.50. The van der Waals surface area contributed by atoms with E-state index in [1.165, 1.54) is 6.42 Å². The molecular formula is C14H18BrN3O. The predicted octanol–water partition coefficient (Wildman–Crippen LogP) is 4.20. The maximum absolute atomic E-state index is 5.29. The van der Waals surface area contributed by atoms with Gasteiger partial charge in [0.1, 0.15) is 5.75 Å². The number of unbranched alkanes of at least 4 members (excludes halogenated alkanes) is 1. The second kappa shape index (κ2) is 6.61. The van der Waals surface area contributed by atoms with Crippen molar-refractivity contribution in [3.63, 3.8) is 0 Å². The fourth-order valence-corrected chi connectivity index (χ4v) is 2.22. The molecule has 0 saturated heterocycles. The molecule has 1 heterocycles. The number of methoxy groups -OCH3 is 1. The van der Waals surface area contributed by atoms with E-state index >= 15 is 0 Å². The van der Waals surface area contributed by atoms with Crippen LogP contribution in [0.1, 0.15) is 19.8 Å². The van der Waals surface area contributed by atoms with Crippen molar-refractivity contribution in [2.75, 3.05) is 12.4 Å². The van der Waals surface area contributed by atoms with E-state index in [4.69, 9.17) is 4.74 Å². The van der Waals surface area contributed by atoms with Crippen LogP contribution >= 0.6 is 15.9 Å². The number of hydrogen-bond donors (Lipinski definition) is 1. The number of anilines is 2. The average molecular weight is 324 g/mol. The van der Waals surface area contributed by atoms with E-state index in [1.807, 2.05) is 30.6 Å². The van der Waals surface area contributed by atoms with E-state index in [-0.39, 0.29) is 0 Å². The summed E-state index contributed by atoms with van der Waals surface area (Å²) in [5.41, 5.74) is 0.962. The van der Waals surface area contributed by atoms with Crippen LogP contribution in [0.5, 0.6) is 5.75 Å². The van der Waals surface area contributed by atoms with E-state index in [1.54, 1.807) is 7.11 Å². The summed E-state index contributed by atoms with van der Waals surface area (Å²) in [6.45, 7) is 3.16. The number of ether oxygens (including phenoxy) is 1. The molecule has 5 heteroatoms. The second-order valence-electron chi connectivity index (χ2n) is 4.27. The van der Waals surface area contributed by atoms with Crippen LogP contribution < -0.4 is 10.1 Å². The van der Waals surface area contributed by atoms with Crippen molar-refractivity contribution in [3.8, 4) is 5.75 Å². The number of rotatable bonds is 6. The van der Waals surface area contributed by atoms with E-state index in [2.05, 4.69) is 37.7 Å². The molecule has 0 saturated carbocycles. The molecule has 0 radical (unpaired) electrons. The number of hydrogen-bond acceptors (Lipinski definition) is 3. The smallest absolute Gasteiger partial charge is 0.207 e. The zero-order valence-electron chi connectivity index (χ0n) is 11.2. The van der Waals surface area contributed by atoms with Crippen molar-refractivity contribution in [1.29, 1.82) is 0 Å². The third-order valence-electron chi connectivity index (χ3n) is 2.88. The molecule has 0 fully saturated rings. The summed E-state index contributed by atoms with van der Waals surface area (Å²) in [6, 6.07) is 5.90. The molecule has 102 valence electrons. The summed E-state index contributed by atoms with van der Waals surface area (Å²) in [7, 11) is 1.66. The zero-order chi connectivity index (χ0) is 13.7. The monoisotopic (exact) mass is 323 g/mol. The van der Waals surface area contributed by atoms with Crippen LogP contribution in [0, 0.1) is 0 Å². The van der Waals surface area contributed by atoms with Gasteiger partial charge >= 0.3 is 0 Å². The molecule has 0 spiro atoms. The van der Waals surface area contributed by atoms with Gasteiger partial charge in [-0.3, -0.25) is 0 Å². The molecule has 0 unspecified atom stereocenters. The number of halogens is 1. The number of imidazole rings is 1. The highest BCUT2D eigenvalue weighted by molar-refractivity contribution is 9.10. The fourth-order valence-electron chi connectivity index (χ4n) is 1.81. The first-order valence-corrected chi connectivity index (χ1v) is 7.15. The van der Waals surface area contributed by atoms with Gasteiger partial charge in [0.15, 0.2) is 0 Å². The van der Waals surface area contributed by atoms with E-state index in [9.17, 15) is 0 Å². The molecule has 0 aliphatic rings. The molecule has 4 nitrogen and oxygen atoms in total. The highest BCUT2D eigenvalue weighted by Crippen LogP contribution is 2.29. The summed E-state index contributed by atoms with van der Waals surface area (Å²) in [5, 5.41) is 3.31. The van der Waals surface area contributed by atoms with Crippen molar-refractivity contribution in [2.45, 2.75) is 26.3 Å². The third-order valence-corrected chi connectivity index (χ3v) is 3.53. The summed E-state index contributed by atoms with van der Waals surface area (Å²) in [5.74, 6) is 1.66. The Balaban J connectivity index is 2.14. The Morgan fingerprint density at radius 1 is 1.42 bits per heavy atom. The van der Waals surface area contributed by atoms with Crippen molar-refractivity contribution >= 4 is 27.6 Å². The average Bonchev–Trinajstić information content (AvgIpc) is 2.86. The Morgan fingerprint density at radius 2 is 2.26 bits per heavy atom. The first kappa shape index (κ1) is 13.9. The topological polar surface area (TPSA) is 39.1 Å². The lowest BCUT2D eigenvalue weighted by molar-refractivity contribution is 0.412. The highest BCUT2D eigenvalue weighted by Gasteiger charge is 2.05. The van der Waals surface area contributed by atoms with Crippen LogP contribution in [0.25, 0.3) is 0 Å². The van der Waals surface area contributed by atoms with Crippen molar-refractivity contribution in [3.05, 3.63) is 35.1 Å². The molecule has 2 aromatic rings. The summed E-state index contributed by atoms with van der Waals surface area (Å²) >= 11 is 3.44. The van der Waals surface area contributed by atoms with Gasteiger partial charge in [-0.05, 0) is 34.5 Å². The van der Waals surface area contributed by atoms with Crippen molar-refractivity contribution in [1.82, 2.24) is 9.55 Å². The van der Waals surface area contributed by atoms with Crippen molar-refractivity contribution < 1.29 is 4.74 Å². The molecule has 0 aliphatic carbocycles. The lowest BCUT2D eigenvalue weighted by atomic mass is 10.3. The van der Waals surface area contributed by atoms with Crippen molar-refractivity contribution in [2.24, 2.45) is 0 Å². The van der Waals surface area contributed by atoms with Gasteiger partial charge in [-0.25, -0.2) is 4.98 Å². The van der Waals surface area contributed by atoms with Gasteiger partial charge in [0, 0.05) is 30.7 Å². The zero-order valence-corrected chi connectivity index (χ0v) is 12.8. The standard InChI is InChI=1S/C14H18BrN3O/c1-3-4-8-18-9-7-16-14(18)17-11-5-6-12(15)13(10-11)19-2/h5-7,9-10H,3-4,8H2,1-2H3,(H,16,17). The number of nitrogens with zero attached hydrogens (tertiary/aromatic N) is 2. The highest BCUT2D eigenvalue weighted by atomic mass is 79.9. The normalized spacial score (nSPS) is 10.5. The van der Waals surface area contributed by atoms with Gasteiger partial charge in [0.05, 0.1) is 11.6 Å². The molecule has 19 heavy (non-hydrogen) atoms. The molecule has 2 rings (SSSR count). The van der Waals surface area contributed by atoms with Gasteiger partial charge in [-0.1, -0.05) is 13.3 Å². The molecule has 0 bridgehead atoms. The molecule has 0 aliphatic heterocycles. The number of aromatic nitrogens is 2. The molecule has 0 atom stereocenters. The number of nitrogens with one attached hydrogen (secondary N) is 1. The van der Waals surface area contributed by atoms with E-state index in [0.717, 1.165) is 34.8 Å². The largest absolute Gasteiger partial charge is 0.495 e. The Hall–Kier alpha value is -1.49. The van der Waals surface area contributed by atoms with Gasteiger partial charge in [-0.15, -0.1) is 0 Å². The van der Waals surface area contributed by atoms with Crippen LogP contribution in [0.4, 0.5) is 11.6 Å². The SMILES string of the molecule is CCCCn1ccnc1Nc1ccc(Br)c(OC)c1. The number of aryl methyl sites for hydroxylation is 1. The minimum absolute atomic E-state index is 0.802. The van der Waals surface area contributed by atoms with E-state index < -0.39 is 0 Å². The molecular weight excluding hydrogens is 306 g/mol. The predicted molar refractivity (Wildman–Crippen MR) is 81.1 cm³/mol. The summed E-state index contributed by atoms with van der Waals surface area (Å²) < 4.78 is 8.35. The summed E-state index contributed by atoms with van der Waals surface area (Å²) in [4.78, 5) is 4.34. The molecule has 0 amide bonds. The van der Waals surface area contributed by atoms with Gasteiger partial charge in [0.25, 0.3) is 0 Å². The molecule has 1 aromatic heterocycles. The van der Waals surface area contributed by atoms with Crippen LogP contribution in [-0.4, -0.2) is 16.7 Å². The van der Waals surface area contributed by atoms with Gasteiger partial charge in [0.2, 0.25) is 5.95 Å². The summed E-state index contributed by atoms with van der Waals surface area (Å²) in [6.07, 6.45) is 6.13. The van der Waals surface area contributed by atoms with Gasteiger partial charge in [-0.2, -0.15) is 0 Å².